The van der Waals surface area contributed by atoms with Crippen molar-refractivity contribution in [1.29, 1.82) is 0 Å². The predicted molar refractivity (Wildman–Crippen MR) is 104 cm³/mol. The van der Waals surface area contributed by atoms with E-state index in [0.29, 0.717) is 6.04 Å². The summed E-state index contributed by atoms with van der Waals surface area (Å²) in [5.41, 5.74) is 1.71. The molecule has 0 bridgehead atoms. The molecule has 3 rings (SSSR count). The fourth-order valence-electron chi connectivity index (χ4n) is 2.31. The molecule has 2 amide bonds. The molecule has 5 nitrogen and oxygen atoms in total. The van der Waals surface area contributed by atoms with Gasteiger partial charge in [0, 0.05) is 24.3 Å². The number of carbonyl (C=O) groups excluding carboxylic acids is 2. The highest BCUT2D eigenvalue weighted by Crippen LogP contribution is 2.18. The zero-order chi connectivity index (χ0) is 18.4. The largest absolute Gasteiger partial charge is 0.376 e. The number of amides is 2. The Morgan fingerprint density at radius 3 is 2.81 bits per heavy atom. The van der Waals surface area contributed by atoms with E-state index in [0.717, 1.165) is 29.0 Å². The SMILES string of the molecule is CN(CC(=O)NC1CC1)C(=O)CNc1cccc(C#Cc2cccs2)c1. The number of anilines is 1. The fourth-order valence-corrected chi connectivity index (χ4v) is 2.88. The van der Waals surface area contributed by atoms with Gasteiger partial charge < -0.3 is 15.5 Å². The van der Waals surface area contributed by atoms with Gasteiger partial charge in [0.25, 0.3) is 0 Å². The van der Waals surface area contributed by atoms with Gasteiger partial charge >= 0.3 is 0 Å². The van der Waals surface area contributed by atoms with Crippen LogP contribution in [0.3, 0.4) is 0 Å². The summed E-state index contributed by atoms with van der Waals surface area (Å²) in [7, 11) is 1.64. The number of thiophene rings is 1. The highest BCUT2D eigenvalue weighted by molar-refractivity contribution is 7.10. The molecule has 6 heteroatoms. The zero-order valence-electron chi connectivity index (χ0n) is 14.6. The Hall–Kier alpha value is -2.78. The van der Waals surface area contributed by atoms with E-state index in [-0.39, 0.29) is 24.9 Å². The van der Waals surface area contributed by atoms with E-state index in [2.05, 4.69) is 22.5 Å². The van der Waals surface area contributed by atoms with Gasteiger partial charge in [-0.05, 0) is 42.5 Å². The molecule has 0 aliphatic heterocycles. The molecular weight excluding hydrogens is 346 g/mol. The van der Waals surface area contributed by atoms with Crippen molar-refractivity contribution >= 4 is 28.8 Å². The van der Waals surface area contributed by atoms with E-state index in [1.165, 1.54) is 4.90 Å². The van der Waals surface area contributed by atoms with Crippen molar-refractivity contribution in [1.82, 2.24) is 10.2 Å². The highest BCUT2D eigenvalue weighted by Gasteiger charge is 2.24. The van der Waals surface area contributed by atoms with Gasteiger partial charge in [0.1, 0.15) is 0 Å². The van der Waals surface area contributed by atoms with Crippen LogP contribution in [0.15, 0.2) is 41.8 Å². The molecular formula is C20H21N3O2S. The zero-order valence-corrected chi connectivity index (χ0v) is 15.4. The molecule has 1 aliphatic carbocycles. The van der Waals surface area contributed by atoms with E-state index < -0.39 is 0 Å². The molecule has 26 heavy (non-hydrogen) atoms. The van der Waals surface area contributed by atoms with Gasteiger partial charge in [-0.1, -0.05) is 24.0 Å². The molecule has 0 atom stereocenters. The first kappa shape index (κ1) is 18.0. The Bertz CT molecular complexity index is 832. The maximum Gasteiger partial charge on any atom is 0.242 e. The van der Waals surface area contributed by atoms with E-state index in [9.17, 15) is 9.59 Å². The Labute approximate surface area is 157 Å². The average molecular weight is 367 g/mol. The molecule has 1 heterocycles. The van der Waals surface area contributed by atoms with Crippen molar-refractivity contribution in [3.8, 4) is 11.8 Å². The number of hydrogen-bond acceptors (Lipinski definition) is 4. The lowest BCUT2D eigenvalue weighted by Gasteiger charge is -2.17. The second-order valence-corrected chi connectivity index (χ2v) is 7.20. The maximum atomic E-state index is 12.2. The number of rotatable bonds is 6. The normalized spacial score (nSPS) is 12.7. The lowest BCUT2D eigenvalue weighted by Crippen LogP contribution is -2.41. The van der Waals surface area contributed by atoms with Crippen molar-refractivity contribution in [3.05, 3.63) is 52.2 Å². The van der Waals surface area contributed by atoms with E-state index in [4.69, 9.17) is 0 Å². The molecule has 2 aromatic rings. The summed E-state index contributed by atoms with van der Waals surface area (Å²) in [6, 6.07) is 11.9. The van der Waals surface area contributed by atoms with Gasteiger partial charge in [0.15, 0.2) is 0 Å². The van der Waals surface area contributed by atoms with Gasteiger partial charge in [0.2, 0.25) is 11.8 Å². The predicted octanol–water partition coefficient (Wildman–Crippen LogP) is 2.30. The Kier molecular flexibility index (Phi) is 5.92. The second kappa shape index (κ2) is 8.54. The van der Waals surface area contributed by atoms with Gasteiger partial charge in [0.05, 0.1) is 18.0 Å². The third-order valence-corrected chi connectivity index (χ3v) is 4.69. The first-order chi connectivity index (χ1) is 12.6. The van der Waals surface area contributed by atoms with Crippen LogP contribution >= 0.6 is 11.3 Å². The topological polar surface area (TPSA) is 61.4 Å². The molecule has 1 aromatic heterocycles. The van der Waals surface area contributed by atoms with Gasteiger partial charge in [-0.15, -0.1) is 11.3 Å². The standard InChI is InChI=1S/C20H21N3O2S/c1-23(14-19(24)22-16-8-9-16)20(25)13-21-17-5-2-4-15(12-17)7-10-18-6-3-11-26-18/h2-6,11-12,16,21H,8-9,13-14H2,1H3,(H,22,24). The Balaban J connectivity index is 1.49. The molecule has 1 fully saturated rings. The molecule has 1 aliphatic rings. The average Bonchev–Trinajstić information content (AvgIpc) is 3.28. The van der Waals surface area contributed by atoms with Crippen molar-refractivity contribution in [3.63, 3.8) is 0 Å². The van der Waals surface area contributed by atoms with Crippen LogP contribution in [0.25, 0.3) is 0 Å². The summed E-state index contributed by atoms with van der Waals surface area (Å²) in [6.45, 7) is 0.221. The lowest BCUT2D eigenvalue weighted by atomic mass is 10.2. The number of benzene rings is 1. The van der Waals surface area contributed by atoms with Gasteiger partial charge in [-0.2, -0.15) is 0 Å². The highest BCUT2D eigenvalue weighted by atomic mass is 32.1. The summed E-state index contributed by atoms with van der Waals surface area (Å²) >= 11 is 1.60. The summed E-state index contributed by atoms with van der Waals surface area (Å²) in [5.74, 6) is 6.00. The third-order valence-electron chi connectivity index (χ3n) is 3.91. The van der Waals surface area contributed by atoms with E-state index in [1.807, 2.05) is 41.8 Å². The van der Waals surface area contributed by atoms with Crippen LogP contribution in [-0.4, -0.2) is 42.9 Å². The Morgan fingerprint density at radius 1 is 1.23 bits per heavy atom. The molecule has 2 N–H and O–H groups in total. The molecule has 0 spiro atoms. The van der Waals surface area contributed by atoms with Crippen LogP contribution in [0, 0.1) is 11.8 Å². The van der Waals surface area contributed by atoms with Crippen LogP contribution in [0.2, 0.25) is 0 Å². The summed E-state index contributed by atoms with van der Waals surface area (Å²) < 4.78 is 0. The van der Waals surface area contributed by atoms with Crippen molar-refractivity contribution in [2.45, 2.75) is 18.9 Å². The Morgan fingerprint density at radius 2 is 2.08 bits per heavy atom. The van der Waals surface area contributed by atoms with Crippen LogP contribution in [0.1, 0.15) is 23.3 Å². The first-order valence-electron chi connectivity index (χ1n) is 8.53. The summed E-state index contributed by atoms with van der Waals surface area (Å²) in [5, 5.41) is 7.97. The van der Waals surface area contributed by atoms with Crippen molar-refractivity contribution < 1.29 is 9.59 Å². The summed E-state index contributed by atoms with van der Waals surface area (Å²) in [4.78, 5) is 26.4. The maximum absolute atomic E-state index is 12.2. The minimum atomic E-state index is -0.133. The lowest BCUT2D eigenvalue weighted by molar-refractivity contribution is -0.133. The van der Waals surface area contributed by atoms with Gasteiger partial charge in [-0.3, -0.25) is 9.59 Å². The smallest absolute Gasteiger partial charge is 0.242 e. The molecule has 1 saturated carbocycles. The molecule has 0 unspecified atom stereocenters. The van der Waals surface area contributed by atoms with Crippen LogP contribution < -0.4 is 10.6 Å². The quantitative estimate of drug-likeness (QED) is 0.770. The summed E-state index contributed by atoms with van der Waals surface area (Å²) in [6.07, 6.45) is 2.08. The van der Waals surface area contributed by atoms with E-state index in [1.54, 1.807) is 18.4 Å². The van der Waals surface area contributed by atoms with Crippen LogP contribution in [0.5, 0.6) is 0 Å². The monoisotopic (exact) mass is 367 g/mol. The number of hydrogen-bond donors (Lipinski definition) is 2. The molecule has 0 radical (unpaired) electrons. The minimum absolute atomic E-state index is 0.0866. The van der Waals surface area contributed by atoms with Crippen molar-refractivity contribution in [2.75, 3.05) is 25.5 Å². The van der Waals surface area contributed by atoms with Crippen molar-refractivity contribution in [2.24, 2.45) is 0 Å². The second-order valence-electron chi connectivity index (χ2n) is 6.25. The number of nitrogens with one attached hydrogen (secondary N) is 2. The molecule has 1 aromatic carbocycles. The van der Waals surface area contributed by atoms with Gasteiger partial charge in [-0.25, -0.2) is 0 Å². The first-order valence-corrected chi connectivity index (χ1v) is 9.41. The van der Waals surface area contributed by atoms with Crippen LogP contribution in [0.4, 0.5) is 5.69 Å². The number of carbonyl (C=O) groups is 2. The third kappa shape index (κ3) is 5.64. The fraction of sp³-hybridized carbons (Fsp3) is 0.300. The number of likely N-dealkylation sites (N-methyl/N-ethyl adjacent to an activating group) is 1. The molecule has 0 saturated heterocycles. The molecule has 134 valence electrons. The minimum Gasteiger partial charge on any atom is -0.376 e. The number of nitrogens with zero attached hydrogens (tertiary/aromatic N) is 1. The van der Waals surface area contributed by atoms with E-state index >= 15 is 0 Å². The van der Waals surface area contributed by atoms with Crippen LogP contribution in [-0.2, 0) is 9.59 Å².